The molecular weight excluding hydrogens is 230 g/mol. The van der Waals surface area contributed by atoms with Crippen LogP contribution in [0.5, 0.6) is 5.75 Å². The molecule has 0 radical (unpaired) electrons. The highest BCUT2D eigenvalue weighted by Crippen LogP contribution is 2.30. The van der Waals surface area contributed by atoms with E-state index >= 15 is 0 Å². The van der Waals surface area contributed by atoms with E-state index in [1.165, 1.54) is 0 Å². The number of rotatable bonds is 3. The van der Waals surface area contributed by atoms with Crippen molar-refractivity contribution in [2.75, 3.05) is 30.8 Å². The lowest BCUT2D eigenvalue weighted by atomic mass is 10.1. The molecule has 0 aromatic heterocycles. The monoisotopic (exact) mass is 249 g/mol. The van der Waals surface area contributed by atoms with Gasteiger partial charge >= 0.3 is 0 Å². The minimum Gasteiger partial charge on any atom is -0.497 e. The van der Waals surface area contributed by atoms with Crippen molar-refractivity contribution in [3.8, 4) is 5.75 Å². The molecule has 1 aliphatic heterocycles. The quantitative estimate of drug-likeness (QED) is 0.784. The third-order valence-electron chi connectivity index (χ3n) is 3.26. The van der Waals surface area contributed by atoms with E-state index in [4.69, 9.17) is 10.5 Å². The number of nitrogen functional groups attached to an aromatic ring is 1. The van der Waals surface area contributed by atoms with Gasteiger partial charge in [0.15, 0.2) is 0 Å². The Bertz CT molecular complexity index is 448. The number of piperazine rings is 1. The van der Waals surface area contributed by atoms with Gasteiger partial charge in [0.1, 0.15) is 11.8 Å². The standard InChI is InChI=1S/C13H19N3O2/c1-3-11-13(17)15-6-7-16(11)12-5-4-9(18-2)8-10(12)14/h4-5,8,11H,3,6-7,14H2,1-2H3,(H,15,17). The van der Waals surface area contributed by atoms with Crippen LogP contribution in [0.15, 0.2) is 18.2 Å². The second kappa shape index (κ2) is 5.16. The lowest BCUT2D eigenvalue weighted by Crippen LogP contribution is -2.55. The first-order chi connectivity index (χ1) is 8.67. The molecule has 0 saturated carbocycles. The summed E-state index contributed by atoms with van der Waals surface area (Å²) in [4.78, 5) is 13.9. The van der Waals surface area contributed by atoms with Crippen LogP contribution in [0.25, 0.3) is 0 Å². The zero-order valence-corrected chi connectivity index (χ0v) is 10.8. The van der Waals surface area contributed by atoms with Gasteiger partial charge in [-0.2, -0.15) is 0 Å². The first-order valence-electron chi connectivity index (χ1n) is 6.15. The fraction of sp³-hybridized carbons (Fsp3) is 0.462. The summed E-state index contributed by atoms with van der Waals surface area (Å²) in [7, 11) is 1.61. The zero-order chi connectivity index (χ0) is 13.1. The maximum Gasteiger partial charge on any atom is 0.242 e. The Morgan fingerprint density at radius 2 is 2.33 bits per heavy atom. The molecule has 1 atom stereocenters. The highest BCUT2D eigenvalue weighted by Gasteiger charge is 2.29. The molecule has 1 unspecified atom stereocenters. The summed E-state index contributed by atoms with van der Waals surface area (Å²) in [5.41, 5.74) is 7.58. The summed E-state index contributed by atoms with van der Waals surface area (Å²) in [5, 5.41) is 2.88. The molecule has 0 spiro atoms. The van der Waals surface area contributed by atoms with E-state index < -0.39 is 0 Å². The summed E-state index contributed by atoms with van der Waals surface area (Å²) in [6.07, 6.45) is 0.761. The van der Waals surface area contributed by atoms with Crippen molar-refractivity contribution in [1.29, 1.82) is 0 Å². The van der Waals surface area contributed by atoms with Crippen molar-refractivity contribution in [1.82, 2.24) is 5.32 Å². The van der Waals surface area contributed by atoms with E-state index in [0.717, 1.165) is 24.4 Å². The number of hydrogen-bond acceptors (Lipinski definition) is 4. The molecule has 1 aromatic carbocycles. The number of amides is 1. The molecule has 0 bridgehead atoms. The number of benzene rings is 1. The number of ether oxygens (including phenoxy) is 1. The number of nitrogens with two attached hydrogens (primary N) is 1. The van der Waals surface area contributed by atoms with Crippen LogP contribution in [0.1, 0.15) is 13.3 Å². The van der Waals surface area contributed by atoms with Crippen LogP contribution in [0.4, 0.5) is 11.4 Å². The highest BCUT2D eigenvalue weighted by molar-refractivity contribution is 5.88. The molecule has 1 aliphatic rings. The molecular formula is C13H19N3O2. The fourth-order valence-corrected chi connectivity index (χ4v) is 2.33. The molecule has 3 N–H and O–H groups in total. The van der Waals surface area contributed by atoms with Gasteiger partial charge in [-0.15, -0.1) is 0 Å². The number of hydrogen-bond donors (Lipinski definition) is 2. The average molecular weight is 249 g/mol. The minimum absolute atomic E-state index is 0.0685. The Morgan fingerprint density at radius 1 is 1.56 bits per heavy atom. The Hall–Kier alpha value is -1.91. The van der Waals surface area contributed by atoms with Gasteiger partial charge in [-0.25, -0.2) is 0 Å². The van der Waals surface area contributed by atoms with Crippen molar-refractivity contribution in [3.05, 3.63) is 18.2 Å². The summed E-state index contributed by atoms with van der Waals surface area (Å²) in [6, 6.07) is 5.42. The Labute approximate surface area is 107 Å². The summed E-state index contributed by atoms with van der Waals surface area (Å²) < 4.78 is 5.13. The highest BCUT2D eigenvalue weighted by atomic mass is 16.5. The molecule has 5 nitrogen and oxygen atoms in total. The number of nitrogens with one attached hydrogen (secondary N) is 1. The van der Waals surface area contributed by atoms with E-state index in [9.17, 15) is 4.79 Å². The van der Waals surface area contributed by atoms with Crippen LogP contribution < -0.4 is 20.7 Å². The lowest BCUT2D eigenvalue weighted by Gasteiger charge is -2.37. The van der Waals surface area contributed by atoms with E-state index in [-0.39, 0.29) is 11.9 Å². The van der Waals surface area contributed by atoms with Gasteiger partial charge in [0.25, 0.3) is 0 Å². The van der Waals surface area contributed by atoms with E-state index in [1.54, 1.807) is 13.2 Å². The van der Waals surface area contributed by atoms with Crippen LogP contribution in [-0.2, 0) is 4.79 Å². The van der Waals surface area contributed by atoms with Crippen molar-refractivity contribution < 1.29 is 9.53 Å². The van der Waals surface area contributed by atoms with Crippen molar-refractivity contribution in [3.63, 3.8) is 0 Å². The van der Waals surface area contributed by atoms with Crippen LogP contribution in [0.3, 0.4) is 0 Å². The lowest BCUT2D eigenvalue weighted by molar-refractivity contribution is -0.123. The van der Waals surface area contributed by atoms with Crippen LogP contribution in [0, 0.1) is 0 Å². The molecule has 1 aromatic rings. The molecule has 1 fully saturated rings. The van der Waals surface area contributed by atoms with E-state index in [0.29, 0.717) is 12.2 Å². The van der Waals surface area contributed by atoms with Gasteiger partial charge in [0.2, 0.25) is 5.91 Å². The molecule has 18 heavy (non-hydrogen) atoms. The normalized spacial score (nSPS) is 19.6. The largest absolute Gasteiger partial charge is 0.497 e. The number of carbonyl (C=O) groups is 1. The fourth-order valence-electron chi connectivity index (χ4n) is 2.33. The third kappa shape index (κ3) is 2.20. The first kappa shape index (κ1) is 12.5. The Kier molecular flexibility index (Phi) is 3.60. The van der Waals surface area contributed by atoms with E-state index in [1.807, 2.05) is 19.1 Å². The van der Waals surface area contributed by atoms with Crippen LogP contribution in [-0.4, -0.2) is 32.1 Å². The maximum absolute atomic E-state index is 11.8. The molecule has 5 heteroatoms. The van der Waals surface area contributed by atoms with Crippen molar-refractivity contribution >= 4 is 17.3 Å². The molecule has 0 aliphatic carbocycles. The molecule has 98 valence electrons. The van der Waals surface area contributed by atoms with Crippen LogP contribution in [0.2, 0.25) is 0 Å². The second-order valence-electron chi connectivity index (χ2n) is 4.33. The van der Waals surface area contributed by atoms with Crippen LogP contribution >= 0.6 is 0 Å². The predicted molar refractivity (Wildman–Crippen MR) is 71.8 cm³/mol. The zero-order valence-electron chi connectivity index (χ0n) is 10.8. The number of methoxy groups -OCH3 is 1. The smallest absolute Gasteiger partial charge is 0.242 e. The second-order valence-corrected chi connectivity index (χ2v) is 4.33. The number of carbonyl (C=O) groups excluding carboxylic acids is 1. The van der Waals surface area contributed by atoms with E-state index in [2.05, 4.69) is 10.2 Å². The average Bonchev–Trinajstić information content (AvgIpc) is 2.38. The Balaban J connectivity index is 2.31. The van der Waals surface area contributed by atoms with Gasteiger partial charge in [0, 0.05) is 19.2 Å². The van der Waals surface area contributed by atoms with Gasteiger partial charge in [0.05, 0.1) is 18.5 Å². The molecule has 1 heterocycles. The Morgan fingerprint density at radius 3 is 2.94 bits per heavy atom. The first-order valence-corrected chi connectivity index (χ1v) is 6.15. The van der Waals surface area contributed by atoms with Gasteiger partial charge in [-0.1, -0.05) is 6.92 Å². The predicted octanol–water partition coefficient (Wildman–Crippen LogP) is 0.992. The minimum atomic E-state index is -0.144. The summed E-state index contributed by atoms with van der Waals surface area (Å²) in [5.74, 6) is 0.796. The van der Waals surface area contributed by atoms with Crippen molar-refractivity contribution in [2.45, 2.75) is 19.4 Å². The SMILES string of the molecule is CCC1C(=O)NCCN1c1ccc(OC)cc1N. The number of nitrogens with zero attached hydrogens (tertiary/aromatic N) is 1. The summed E-state index contributed by atoms with van der Waals surface area (Å²) >= 11 is 0. The topological polar surface area (TPSA) is 67.6 Å². The molecule has 2 rings (SSSR count). The van der Waals surface area contributed by atoms with Gasteiger partial charge < -0.3 is 20.7 Å². The molecule has 1 amide bonds. The summed E-state index contributed by atoms with van der Waals surface area (Å²) in [6.45, 7) is 3.43. The molecule has 1 saturated heterocycles. The maximum atomic E-state index is 11.8. The van der Waals surface area contributed by atoms with Crippen molar-refractivity contribution in [2.24, 2.45) is 0 Å². The number of anilines is 2. The van der Waals surface area contributed by atoms with Gasteiger partial charge in [-0.3, -0.25) is 4.79 Å². The third-order valence-corrected chi connectivity index (χ3v) is 3.26. The van der Waals surface area contributed by atoms with Gasteiger partial charge in [-0.05, 0) is 18.6 Å².